The fraction of sp³-hybridized carbons (Fsp3) is 0.316. The first-order chi connectivity index (χ1) is 15.5. The Morgan fingerprint density at radius 3 is 2.12 bits per heavy atom. The van der Waals surface area contributed by atoms with E-state index in [9.17, 15) is 43.6 Å². The molecule has 2 aromatic carbocycles. The molecule has 1 aliphatic carbocycles. The van der Waals surface area contributed by atoms with Crippen LogP contribution in [-0.4, -0.2) is 50.3 Å². The van der Waals surface area contributed by atoms with Gasteiger partial charge < -0.3 is 5.11 Å². The second kappa shape index (κ2) is 8.73. The Kier molecular flexibility index (Phi) is 6.76. The molecule has 7 nitrogen and oxygen atoms in total. The first-order valence-corrected chi connectivity index (χ1v) is 12.6. The minimum atomic E-state index is -6.19. The van der Waals surface area contributed by atoms with Gasteiger partial charge >= 0.3 is 21.5 Å². The molecule has 34 heavy (non-hydrogen) atoms. The van der Waals surface area contributed by atoms with Gasteiger partial charge in [-0.1, -0.05) is 11.6 Å². The SMILES string of the molecule is O=C(O)CN([C@H]1C[C@@](c2cc(F)ccc2F)(S(=O)(=O)c2ccc(Cl)cc2)C1)S(=O)(=O)C(F)(F)F. The fourth-order valence-electron chi connectivity index (χ4n) is 3.85. The van der Waals surface area contributed by atoms with Crippen LogP contribution in [0.2, 0.25) is 5.02 Å². The van der Waals surface area contributed by atoms with Gasteiger partial charge in [0.1, 0.15) is 22.9 Å². The van der Waals surface area contributed by atoms with Crippen LogP contribution in [0.3, 0.4) is 0 Å². The predicted molar refractivity (Wildman–Crippen MR) is 109 cm³/mol. The van der Waals surface area contributed by atoms with E-state index in [0.717, 1.165) is 12.1 Å². The van der Waals surface area contributed by atoms with Crippen molar-refractivity contribution in [1.82, 2.24) is 4.31 Å². The highest BCUT2D eigenvalue weighted by Gasteiger charge is 2.62. The lowest BCUT2D eigenvalue weighted by Gasteiger charge is -2.50. The molecule has 0 aliphatic heterocycles. The largest absolute Gasteiger partial charge is 0.511 e. The molecule has 0 saturated heterocycles. The molecule has 15 heteroatoms. The number of sulfone groups is 1. The summed E-state index contributed by atoms with van der Waals surface area (Å²) < 4.78 is 116. The molecule has 0 aromatic heterocycles. The van der Waals surface area contributed by atoms with Crippen LogP contribution in [0.15, 0.2) is 47.4 Å². The second-order valence-electron chi connectivity index (χ2n) is 7.53. The Morgan fingerprint density at radius 1 is 1.06 bits per heavy atom. The molecule has 0 atom stereocenters. The topological polar surface area (TPSA) is 109 Å². The van der Waals surface area contributed by atoms with Crippen molar-refractivity contribution in [3.63, 3.8) is 0 Å². The van der Waals surface area contributed by atoms with Gasteiger partial charge in [0, 0.05) is 16.6 Å². The van der Waals surface area contributed by atoms with Gasteiger partial charge in [-0.3, -0.25) is 4.79 Å². The van der Waals surface area contributed by atoms with E-state index in [2.05, 4.69) is 0 Å². The smallest absolute Gasteiger partial charge is 0.480 e. The van der Waals surface area contributed by atoms with Gasteiger partial charge in [-0.15, -0.1) is 0 Å². The summed E-state index contributed by atoms with van der Waals surface area (Å²) in [6, 6.07) is 4.56. The predicted octanol–water partition coefficient (Wildman–Crippen LogP) is 3.69. The molecule has 1 fully saturated rings. The van der Waals surface area contributed by atoms with Crippen molar-refractivity contribution in [2.75, 3.05) is 6.54 Å². The number of alkyl halides is 3. The van der Waals surface area contributed by atoms with E-state index in [1.54, 1.807) is 0 Å². The van der Waals surface area contributed by atoms with Crippen LogP contribution in [0.25, 0.3) is 0 Å². The zero-order valence-corrected chi connectivity index (χ0v) is 19.1. The maximum Gasteiger partial charge on any atom is 0.511 e. The molecule has 2 aromatic rings. The van der Waals surface area contributed by atoms with Crippen molar-refractivity contribution >= 4 is 37.4 Å². The number of hydrogen-bond acceptors (Lipinski definition) is 5. The third kappa shape index (κ3) is 4.39. The lowest BCUT2D eigenvalue weighted by Crippen LogP contribution is -2.61. The standard InChI is InChI=1S/C19H15ClF5NO6S2/c20-11-1-4-14(5-2-11)33(29,30)18(15-7-12(21)3-6-16(15)22)8-13(9-18)26(10-17(27)28)34(31,32)19(23,24)25/h1-7,13H,8-10H2,(H,27,28)/t13-,18+. The van der Waals surface area contributed by atoms with Gasteiger partial charge in [0.25, 0.3) is 0 Å². The summed E-state index contributed by atoms with van der Waals surface area (Å²) in [7, 11) is -10.9. The Hall–Kier alpha value is -2.29. The first-order valence-electron chi connectivity index (χ1n) is 9.28. The summed E-state index contributed by atoms with van der Waals surface area (Å²) in [5.41, 5.74) is -6.60. The number of halogens is 6. The number of carboxylic acid groups (broad SMARTS) is 1. The number of hydrogen-bond donors (Lipinski definition) is 1. The van der Waals surface area contributed by atoms with Gasteiger partial charge in [0.2, 0.25) is 0 Å². The van der Waals surface area contributed by atoms with E-state index in [1.165, 1.54) is 12.1 Å². The van der Waals surface area contributed by atoms with E-state index in [4.69, 9.17) is 16.7 Å². The fourth-order valence-corrected chi connectivity index (χ4v) is 7.28. The van der Waals surface area contributed by atoms with Crippen molar-refractivity contribution < 1.29 is 48.7 Å². The first kappa shape index (κ1) is 26.3. The van der Waals surface area contributed by atoms with E-state index in [-0.39, 0.29) is 9.33 Å². The summed E-state index contributed by atoms with van der Waals surface area (Å²) in [5.74, 6) is -4.17. The molecule has 1 N–H and O–H groups in total. The molecule has 1 saturated carbocycles. The van der Waals surface area contributed by atoms with Crippen molar-refractivity contribution in [3.8, 4) is 0 Å². The van der Waals surface area contributed by atoms with Crippen molar-refractivity contribution in [3.05, 3.63) is 64.7 Å². The number of rotatable bonds is 7. The highest BCUT2D eigenvalue weighted by atomic mass is 35.5. The van der Waals surface area contributed by atoms with Crippen molar-refractivity contribution in [2.45, 2.75) is 34.0 Å². The zero-order valence-electron chi connectivity index (χ0n) is 16.8. The van der Waals surface area contributed by atoms with Crippen molar-refractivity contribution in [1.29, 1.82) is 0 Å². The molecule has 0 amide bonds. The van der Waals surface area contributed by atoms with Gasteiger partial charge in [-0.05, 0) is 55.3 Å². The molecule has 0 spiro atoms. The molecule has 1 aliphatic rings. The molecular weight excluding hydrogens is 533 g/mol. The van der Waals surface area contributed by atoms with Crippen LogP contribution in [0, 0.1) is 11.6 Å². The van der Waals surface area contributed by atoms with E-state index >= 15 is 0 Å². The lowest BCUT2D eigenvalue weighted by molar-refractivity contribution is -0.138. The third-order valence-electron chi connectivity index (χ3n) is 5.49. The van der Waals surface area contributed by atoms with Crippen molar-refractivity contribution in [2.24, 2.45) is 0 Å². The van der Waals surface area contributed by atoms with Crippen LogP contribution in [-0.2, 0) is 29.4 Å². The normalized spacial score (nSPS) is 21.3. The van der Waals surface area contributed by atoms with Crippen LogP contribution in [0.5, 0.6) is 0 Å². The van der Waals surface area contributed by atoms with E-state index < -0.39 is 83.6 Å². The summed E-state index contributed by atoms with van der Waals surface area (Å²) in [5, 5.41) is 9.10. The molecule has 3 rings (SSSR count). The van der Waals surface area contributed by atoms with Crippen LogP contribution < -0.4 is 0 Å². The number of carboxylic acids is 1. The minimum absolute atomic E-state index is 0.139. The highest BCUT2D eigenvalue weighted by molar-refractivity contribution is 7.92. The van der Waals surface area contributed by atoms with Crippen LogP contribution in [0.1, 0.15) is 18.4 Å². The van der Waals surface area contributed by atoms with Crippen LogP contribution in [0.4, 0.5) is 22.0 Å². The summed E-state index contributed by atoms with van der Waals surface area (Å²) in [6.45, 7) is -1.62. The van der Waals surface area contributed by atoms with Crippen LogP contribution >= 0.6 is 11.6 Å². The molecule has 0 radical (unpaired) electrons. The molecule has 0 unspecified atom stereocenters. The van der Waals surface area contributed by atoms with E-state index in [0.29, 0.717) is 18.2 Å². The molecule has 0 heterocycles. The van der Waals surface area contributed by atoms with Gasteiger partial charge in [0.05, 0.1) is 4.90 Å². The number of sulfonamides is 1. The lowest BCUT2D eigenvalue weighted by atomic mass is 9.74. The molecule has 0 bridgehead atoms. The Morgan fingerprint density at radius 2 is 1.62 bits per heavy atom. The third-order valence-corrected chi connectivity index (χ3v) is 9.84. The average Bonchev–Trinajstić information content (AvgIpc) is 2.67. The number of aliphatic carboxylic acids is 1. The Bertz CT molecular complexity index is 1320. The summed E-state index contributed by atoms with van der Waals surface area (Å²) in [6.07, 6.45) is -1.91. The Labute approximate surface area is 195 Å². The van der Waals surface area contributed by atoms with E-state index in [1.807, 2.05) is 0 Å². The maximum absolute atomic E-state index is 14.7. The maximum atomic E-state index is 14.7. The number of carbonyl (C=O) groups is 1. The quantitative estimate of drug-likeness (QED) is 0.530. The molecular formula is C19H15ClF5NO6S2. The monoisotopic (exact) mass is 547 g/mol. The summed E-state index contributed by atoms with van der Waals surface area (Å²) >= 11 is 5.75. The molecule has 186 valence electrons. The Balaban J connectivity index is 2.16. The number of nitrogens with zero attached hydrogens (tertiary/aromatic N) is 1. The summed E-state index contributed by atoms with van der Waals surface area (Å²) in [4.78, 5) is 10.7. The van der Waals surface area contributed by atoms with Gasteiger partial charge in [0.15, 0.2) is 9.84 Å². The number of benzene rings is 2. The minimum Gasteiger partial charge on any atom is -0.480 e. The van der Waals surface area contributed by atoms with Gasteiger partial charge in [-0.25, -0.2) is 25.6 Å². The average molecular weight is 548 g/mol. The zero-order chi connectivity index (χ0) is 25.7. The highest BCUT2D eigenvalue weighted by Crippen LogP contribution is 2.54. The van der Waals surface area contributed by atoms with Gasteiger partial charge in [-0.2, -0.15) is 17.5 Å². The second-order valence-corrected chi connectivity index (χ2v) is 12.1.